The standard InChI is InChI=1S/C16H16Br2/c1-10-4-6-13(12(3)8-10)16(18)14-7-5-11(2)9-15(14)17/h4-9,16H,1-3H3. The molecule has 0 saturated carbocycles. The van der Waals surface area contributed by atoms with Crippen LogP contribution < -0.4 is 0 Å². The minimum Gasteiger partial charge on any atom is -0.0786 e. The molecule has 94 valence electrons. The second-order valence-electron chi connectivity index (χ2n) is 4.75. The summed E-state index contributed by atoms with van der Waals surface area (Å²) in [5.41, 5.74) is 6.49. The van der Waals surface area contributed by atoms with E-state index in [9.17, 15) is 0 Å². The molecule has 0 aliphatic rings. The van der Waals surface area contributed by atoms with Crippen molar-refractivity contribution in [3.8, 4) is 0 Å². The van der Waals surface area contributed by atoms with Gasteiger partial charge in [0.15, 0.2) is 0 Å². The van der Waals surface area contributed by atoms with Crippen LogP contribution >= 0.6 is 31.9 Å². The molecule has 1 atom stereocenters. The van der Waals surface area contributed by atoms with Crippen LogP contribution in [0.3, 0.4) is 0 Å². The zero-order chi connectivity index (χ0) is 13.3. The summed E-state index contributed by atoms with van der Waals surface area (Å²) in [6, 6.07) is 13.1. The molecular formula is C16H16Br2. The van der Waals surface area contributed by atoms with Crippen LogP contribution in [0, 0.1) is 20.8 Å². The molecule has 2 aromatic carbocycles. The van der Waals surface area contributed by atoms with Gasteiger partial charge in [-0.15, -0.1) is 0 Å². The summed E-state index contributed by atoms with van der Waals surface area (Å²) in [5, 5.41) is 0. The van der Waals surface area contributed by atoms with E-state index >= 15 is 0 Å². The predicted molar refractivity (Wildman–Crippen MR) is 85.6 cm³/mol. The van der Waals surface area contributed by atoms with E-state index in [4.69, 9.17) is 0 Å². The molecule has 0 radical (unpaired) electrons. The molecule has 18 heavy (non-hydrogen) atoms. The fraction of sp³-hybridized carbons (Fsp3) is 0.250. The third-order valence-electron chi connectivity index (χ3n) is 3.13. The predicted octanol–water partition coefficient (Wildman–Crippen LogP) is 5.86. The normalized spacial score (nSPS) is 12.5. The zero-order valence-corrected chi connectivity index (χ0v) is 14.0. The molecule has 0 bridgehead atoms. The number of rotatable bonds is 2. The van der Waals surface area contributed by atoms with Gasteiger partial charge in [0, 0.05) is 4.47 Å². The molecule has 0 nitrogen and oxygen atoms in total. The van der Waals surface area contributed by atoms with Gasteiger partial charge in [-0.1, -0.05) is 67.8 Å². The zero-order valence-electron chi connectivity index (χ0n) is 10.8. The summed E-state index contributed by atoms with van der Waals surface area (Å²) in [5.74, 6) is 0. The first kappa shape index (κ1) is 13.8. The Balaban J connectivity index is 2.44. The van der Waals surface area contributed by atoms with Crippen LogP contribution in [0.4, 0.5) is 0 Å². The number of halogens is 2. The van der Waals surface area contributed by atoms with Crippen LogP contribution in [0.15, 0.2) is 40.9 Å². The highest BCUT2D eigenvalue weighted by Gasteiger charge is 2.15. The quantitative estimate of drug-likeness (QED) is 0.583. The van der Waals surface area contributed by atoms with Crippen LogP contribution in [-0.2, 0) is 0 Å². The minimum atomic E-state index is 0.230. The maximum atomic E-state index is 3.81. The van der Waals surface area contributed by atoms with Crippen LogP contribution in [0.25, 0.3) is 0 Å². The molecule has 0 aliphatic heterocycles. The molecule has 2 aromatic rings. The summed E-state index contributed by atoms with van der Waals surface area (Å²) < 4.78 is 1.16. The van der Waals surface area contributed by atoms with E-state index in [1.54, 1.807) is 0 Å². The second kappa shape index (κ2) is 5.58. The number of hydrogen-bond donors (Lipinski definition) is 0. The first-order valence-corrected chi connectivity index (χ1v) is 7.67. The fourth-order valence-corrected chi connectivity index (χ4v) is 4.06. The van der Waals surface area contributed by atoms with Crippen molar-refractivity contribution in [2.45, 2.75) is 25.6 Å². The summed E-state index contributed by atoms with van der Waals surface area (Å²) in [6.07, 6.45) is 0. The van der Waals surface area contributed by atoms with E-state index in [0.29, 0.717) is 0 Å². The van der Waals surface area contributed by atoms with Gasteiger partial charge in [0.2, 0.25) is 0 Å². The molecule has 0 aromatic heterocycles. The van der Waals surface area contributed by atoms with Gasteiger partial charge in [0.05, 0.1) is 4.83 Å². The molecule has 0 fully saturated rings. The van der Waals surface area contributed by atoms with Gasteiger partial charge in [-0.2, -0.15) is 0 Å². The molecule has 0 aliphatic carbocycles. The van der Waals surface area contributed by atoms with Gasteiger partial charge in [0.25, 0.3) is 0 Å². The van der Waals surface area contributed by atoms with Crippen LogP contribution in [0.5, 0.6) is 0 Å². The maximum Gasteiger partial charge on any atom is 0.0658 e. The average molecular weight is 368 g/mol. The largest absolute Gasteiger partial charge is 0.0786 e. The lowest BCUT2D eigenvalue weighted by Gasteiger charge is -2.16. The number of alkyl halides is 1. The van der Waals surface area contributed by atoms with E-state index < -0.39 is 0 Å². The lowest BCUT2D eigenvalue weighted by molar-refractivity contribution is 1.12. The summed E-state index contributed by atoms with van der Waals surface area (Å²) in [4.78, 5) is 0.230. The number of aryl methyl sites for hydroxylation is 3. The Bertz CT molecular complexity index is 522. The van der Waals surface area contributed by atoms with Crippen molar-refractivity contribution in [3.63, 3.8) is 0 Å². The van der Waals surface area contributed by atoms with Gasteiger partial charge in [-0.3, -0.25) is 0 Å². The smallest absolute Gasteiger partial charge is 0.0658 e. The van der Waals surface area contributed by atoms with Crippen molar-refractivity contribution in [2.75, 3.05) is 0 Å². The van der Waals surface area contributed by atoms with Crippen molar-refractivity contribution in [1.29, 1.82) is 0 Å². The molecule has 2 heteroatoms. The van der Waals surface area contributed by atoms with Gasteiger partial charge in [-0.05, 0) is 49.1 Å². The molecule has 0 N–H and O–H groups in total. The average Bonchev–Trinajstić information content (AvgIpc) is 2.28. The lowest BCUT2D eigenvalue weighted by atomic mass is 9.98. The highest BCUT2D eigenvalue weighted by Crippen LogP contribution is 2.37. The van der Waals surface area contributed by atoms with E-state index in [0.717, 1.165) is 4.47 Å². The molecule has 0 heterocycles. The molecule has 0 amide bonds. The molecule has 0 saturated heterocycles. The van der Waals surface area contributed by atoms with Gasteiger partial charge < -0.3 is 0 Å². The third kappa shape index (κ3) is 2.86. The highest BCUT2D eigenvalue weighted by atomic mass is 79.9. The first-order chi connectivity index (χ1) is 8.49. The van der Waals surface area contributed by atoms with E-state index in [2.05, 4.69) is 89.0 Å². The molecule has 2 rings (SSSR count). The number of hydrogen-bond acceptors (Lipinski definition) is 0. The molecular weight excluding hydrogens is 352 g/mol. The van der Waals surface area contributed by atoms with Crippen LogP contribution in [0.2, 0.25) is 0 Å². The Labute approximate surface area is 126 Å². The molecule has 0 spiro atoms. The maximum absolute atomic E-state index is 3.81. The van der Waals surface area contributed by atoms with Gasteiger partial charge >= 0.3 is 0 Å². The number of benzene rings is 2. The van der Waals surface area contributed by atoms with E-state index in [1.807, 2.05) is 0 Å². The SMILES string of the molecule is Cc1ccc(C(Br)c2ccc(C)cc2Br)c(C)c1. The fourth-order valence-electron chi connectivity index (χ4n) is 2.12. The Kier molecular flexibility index (Phi) is 4.29. The monoisotopic (exact) mass is 366 g/mol. The van der Waals surface area contributed by atoms with Crippen molar-refractivity contribution in [2.24, 2.45) is 0 Å². The Morgan fingerprint density at radius 3 is 1.94 bits per heavy atom. The second-order valence-corrected chi connectivity index (χ2v) is 6.52. The molecule has 1 unspecified atom stereocenters. The topological polar surface area (TPSA) is 0 Å². The van der Waals surface area contributed by atoms with Crippen molar-refractivity contribution in [1.82, 2.24) is 0 Å². The van der Waals surface area contributed by atoms with E-state index in [-0.39, 0.29) is 4.83 Å². The van der Waals surface area contributed by atoms with Crippen LogP contribution in [0.1, 0.15) is 32.6 Å². The van der Waals surface area contributed by atoms with Crippen molar-refractivity contribution >= 4 is 31.9 Å². The van der Waals surface area contributed by atoms with Crippen LogP contribution in [-0.4, -0.2) is 0 Å². The third-order valence-corrected chi connectivity index (χ3v) is 4.80. The van der Waals surface area contributed by atoms with Gasteiger partial charge in [0.1, 0.15) is 0 Å². The highest BCUT2D eigenvalue weighted by molar-refractivity contribution is 9.11. The Hall–Kier alpha value is -0.600. The summed E-state index contributed by atoms with van der Waals surface area (Å²) in [6.45, 7) is 6.40. The van der Waals surface area contributed by atoms with Gasteiger partial charge in [-0.25, -0.2) is 0 Å². The minimum absolute atomic E-state index is 0.230. The lowest BCUT2D eigenvalue weighted by Crippen LogP contribution is -1.97. The first-order valence-electron chi connectivity index (χ1n) is 5.96. The van der Waals surface area contributed by atoms with E-state index in [1.165, 1.54) is 27.8 Å². The van der Waals surface area contributed by atoms with Crippen molar-refractivity contribution < 1.29 is 0 Å². The van der Waals surface area contributed by atoms with Crippen molar-refractivity contribution in [3.05, 3.63) is 68.7 Å². The summed E-state index contributed by atoms with van der Waals surface area (Å²) in [7, 11) is 0. The Morgan fingerprint density at radius 1 is 0.833 bits per heavy atom. The Morgan fingerprint density at radius 2 is 1.39 bits per heavy atom. The summed E-state index contributed by atoms with van der Waals surface area (Å²) >= 11 is 7.47.